The molecular weight excluding hydrogens is 382 g/mol. The van der Waals surface area contributed by atoms with Crippen LogP contribution in [0.5, 0.6) is 0 Å². The molecule has 0 aliphatic heterocycles. The molecule has 0 bridgehead atoms. The van der Waals surface area contributed by atoms with Gasteiger partial charge in [-0.1, -0.05) is 11.2 Å². The Labute approximate surface area is 161 Å². The predicted molar refractivity (Wildman–Crippen MR) is 103 cm³/mol. The number of sulfonamides is 1. The first kappa shape index (κ1) is 16.9. The first-order valence-electron chi connectivity index (χ1n) is 9.16. The summed E-state index contributed by atoms with van der Waals surface area (Å²) in [5.41, 5.74) is 2.87. The lowest BCUT2D eigenvalue weighted by Gasteiger charge is -2.17. The molecule has 140 valence electrons. The van der Waals surface area contributed by atoms with Crippen LogP contribution in [-0.4, -0.2) is 18.6 Å². The molecule has 1 saturated carbocycles. The van der Waals surface area contributed by atoms with E-state index in [9.17, 15) is 8.42 Å². The lowest BCUT2D eigenvalue weighted by Crippen LogP contribution is -2.14. The maximum Gasteiger partial charge on any atom is 0.270 e. The Balaban J connectivity index is 1.43. The van der Waals surface area contributed by atoms with Gasteiger partial charge in [-0.15, -0.1) is 11.3 Å². The highest BCUT2D eigenvalue weighted by Gasteiger charge is 2.30. The van der Waals surface area contributed by atoms with Crippen LogP contribution in [0.3, 0.4) is 0 Å². The average molecular weight is 402 g/mol. The lowest BCUT2D eigenvalue weighted by atomic mass is 9.92. The summed E-state index contributed by atoms with van der Waals surface area (Å²) in [5.74, 6) is 1.47. The largest absolute Gasteiger partial charge is 0.333 e. The number of aromatic nitrogens is 2. The van der Waals surface area contributed by atoms with Crippen molar-refractivity contribution in [2.75, 3.05) is 4.72 Å². The summed E-state index contributed by atoms with van der Waals surface area (Å²) in [4.78, 5) is 5.38. The molecule has 1 N–H and O–H groups in total. The zero-order valence-corrected chi connectivity index (χ0v) is 16.3. The third-order valence-corrected chi connectivity index (χ3v) is 7.38. The van der Waals surface area contributed by atoms with Gasteiger partial charge in [0.1, 0.15) is 4.88 Å². The number of anilines is 1. The van der Waals surface area contributed by atoms with E-state index in [4.69, 9.17) is 4.52 Å². The number of rotatable bonds is 5. The first-order chi connectivity index (χ1) is 13.1. The zero-order valence-electron chi connectivity index (χ0n) is 14.6. The van der Waals surface area contributed by atoms with E-state index in [-0.39, 0.29) is 0 Å². The summed E-state index contributed by atoms with van der Waals surface area (Å²) >= 11 is 1.38. The van der Waals surface area contributed by atoms with Gasteiger partial charge < -0.3 is 4.52 Å². The van der Waals surface area contributed by atoms with E-state index in [0.717, 1.165) is 37.7 Å². The molecule has 1 aromatic carbocycles. The molecule has 6 nitrogen and oxygen atoms in total. The van der Waals surface area contributed by atoms with Gasteiger partial charge in [0, 0.05) is 5.92 Å². The number of aryl methyl sites for hydroxylation is 2. The summed E-state index contributed by atoms with van der Waals surface area (Å²) in [6, 6.07) is 7.17. The molecule has 2 aliphatic rings. The van der Waals surface area contributed by atoms with Crippen LogP contribution in [0.25, 0.3) is 10.8 Å². The average Bonchev–Trinajstić information content (AvgIpc) is 3.23. The third-order valence-electron chi connectivity index (χ3n) is 5.12. The molecule has 2 heterocycles. The molecule has 2 aliphatic carbocycles. The van der Waals surface area contributed by atoms with Gasteiger partial charge in [-0.05, 0) is 73.2 Å². The molecule has 8 heteroatoms. The molecule has 0 amide bonds. The summed E-state index contributed by atoms with van der Waals surface area (Å²) < 4.78 is 33.9. The molecule has 5 rings (SSSR count). The van der Waals surface area contributed by atoms with Crippen LogP contribution in [0, 0.1) is 0 Å². The van der Waals surface area contributed by atoms with E-state index in [1.54, 1.807) is 18.2 Å². The fourth-order valence-corrected chi connectivity index (χ4v) is 5.43. The molecule has 27 heavy (non-hydrogen) atoms. The van der Waals surface area contributed by atoms with Gasteiger partial charge in [-0.25, -0.2) is 8.42 Å². The van der Waals surface area contributed by atoms with E-state index in [2.05, 4.69) is 14.9 Å². The highest BCUT2D eigenvalue weighted by Crippen LogP contribution is 2.40. The minimum atomic E-state index is -3.68. The normalized spacial score (nSPS) is 16.9. The lowest BCUT2D eigenvalue weighted by molar-refractivity contribution is 0.423. The SMILES string of the molecule is O=S(=O)(Nc1ccsc1-c1nc(C2CC2)no1)c1ccc2c(c1)CCCC2. The van der Waals surface area contributed by atoms with Crippen molar-refractivity contribution in [3.05, 3.63) is 46.6 Å². The summed E-state index contributed by atoms with van der Waals surface area (Å²) in [5, 5.41) is 5.84. The second-order valence-electron chi connectivity index (χ2n) is 7.14. The standard InChI is InChI=1S/C19H19N3O3S2/c23-27(24,15-8-7-12-3-1-2-4-14(12)11-15)22-16-9-10-26-17(16)19-20-18(21-25-19)13-5-6-13/h7-11,13,22H,1-6H2. The van der Waals surface area contributed by atoms with Gasteiger partial charge in [0.15, 0.2) is 5.82 Å². The Morgan fingerprint density at radius 2 is 1.93 bits per heavy atom. The Kier molecular flexibility index (Phi) is 4.05. The van der Waals surface area contributed by atoms with Crippen LogP contribution in [0.1, 0.15) is 48.6 Å². The smallest absolute Gasteiger partial charge is 0.270 e. The maximum absolute atomic E-state index is 12.9. The van der Waals surface area contributed by atoms with Crippen molar-refractivity contribution >= 4 is 27.0 Å². The highest BCUT2D eigenvalue weighted by atomic mass is 32.2. The van der Waals surface area contributed by atoms with Crippen LogP contribution >= 0.6 is 11.3 Å². The molecular formula is C19H19N3O3S2. The number of fused-ring (bicyclic) bond motifs is 1. The maximum atomic E-state index is 12.9. The highest BCUT2D eigenvalue weighted by molar-refractivity contribution is 7.92. The number of hydrogen-bond donors (Lipinski definition) is 1. The van der Waals surface area contributed by atoms with Crippen LogP contribution in [0.4, 0.5) is 5.69 Å². The van der Waals surface area contributed by atoms with Gasteiger partial charge in [0.25, 0.3) is 15.9 Å². The molecule has 0 spiro atoms. The van der Waals surface area contributed by atoms with E-state index < -0.39 is 10.0 Å². The Bertz CT molecular complexity index is 1100. The topological polar surface area (TPSA) is 85.1 Å². The van der Waals surface area contributed by atoms with E-state index >= 15 is 0 Å². The summed E-state index contributed by atoms with van der Waals surface area (Å²) in [7, 11) is -3.68. The van der Waals surface area contributed by atoms with Gasteiger partial charge in [0.2, 0.25) is 0 Å². The van der Waals surface area contributed by atoms with Crippen molar-refractivity contribution < 1.29 is 12.9 Å². The molecule has 0 atom stereocenters. The number of benzene rings is 1. The molecule has 3 aromatic rings. The van der Waals surface area contributed by atoms with Gasteiger partial charge in [0.05, 0.1) is 10.6 Å². The number of hydrogen-bond acceptors (Lipinski definition) is 6. The first-order valence-corrected chi connectivity index (χ1v) is 11.5. The van der Waals surface area contributed by atoms with Crippen LogP contribution in [0.2, 0.25) is 0 Å². The van der Waals surface area contributed by atoms with Crippen molar-refractivity contribution in [3.63, 3.8) is 0 Å². The van der Waals surface area contributed by atoms with Gasteiger partial charge in [-0.3, -0.25) is 4.72 Å². The minimum Gasteiger partial charge on any atom is -0.333 e. The minimum absolute atomic E-state index is 0.296. The van der Waals surface area contributed by atoms with Crippen molar-refractivity contribution in [2.45, 2.75) is 49.3 Å². The monoisotopic (exact) mass is 401 g/mol. The molecule has 2 aromatic heterocycles. The Hall–Kier alpha value is -2.19. The fraction of sp³-hybridized carbons (Fsp3) is 0.368. The number of thiophene rings is 1. The summed E-state index contributed by atoms with van der Waals surface area (Å²) in [6.07, 6.45) is 6.41. The molecule has 0 radical (unpaired) electrons. The van der Waals surface area contributed by atoms with E-state index in [1.165, 1.54) is 23.3 Å². The third kappa shape index (κ3) is 3.27. The van der Waals surface area contributed by atoms with Crippen molar-refractivity contribution in [1.29, 1.82) is 0 Å². The second kappa shape index (κ2) is 6.45. The number of nitrogens with one attached hydrogen (secondary N) is 1. The molecule has 1 fully saturated rings. The quantitative estimate of drug-likeness (QED) is 0.687. The predicted octanol–water partition coefficient (Wildman–Crippen LogP) is 4.36. The van der Waals surface area contributed by atoms with E-state index in [0.29, 0.717) is 33.1 Å². The van der Waals surface area contributed by atoms with Crippen molar-refractivity contribution in [2.24, 2.45) is 0 Å². The van der Waals surface area contributed by atoms with E-state index in [1.807, 2.05) is 11.4 Å². The molecule has 0 saturated heterocycles. The molecule has 0 unspecified atom stereocenters. The second-order valence-corrected chi connectivity index (χ2v) is 9.74. The van der Waals surface area contributed by atoms with Gasteiger partial charge >= 0.3 is 0 Å². The van der Waals surface area contributed by atoms with Crippen molar-refractivity contribution in [1.82, 2.24) is 10.1 Å². The number of nitrogens with zero attached hydrogens (tertiary/aromatic N) is 2. The fourth-order valence-electron chi connectivity index (χ4n) is 3.47. The van der Waals surface area contributed by atoms with Crippen LogP contribution in [-0.2, 0) is 22.9 Å². The van der Waals surface area contributed by atoms with Crippen molar-refractivity contribution in [3.8, 4) is 10.8 Å². The summed E-state index contributed by atoms with van der Waals surface area (Å²) in [6.45, 7) is 0. The zero-order chi connectivity index (χ0) is 18.4. The Morgan fingerprint density at radius 1 is 1.11 bits per heavy atom. The Morgan fingerprint density at radius 3 is 2.74 bits per heavy atom. The van der Waals surface area contributed by atoms with Crippen LogP contribution in [0.15, 0.2) is 39.1 Å². The van der Waals surface area contributed by atoms with Gasteiger partial charge in [-0.2, -0.15) is 4.98 Å². The van der Waals surface area contributed by atoms with Crippen LogP contribution < -0.4 is 4.72 Å².